The first kappa shape index (κ1) is 27.9. The number of aromatic nitrogens is 1. The minimum absolute atomic E-state index is 0.00156. The topological polar surface area (TPSA) is 45.2 Å². The van der Waals surface area contributed by atoms with Crippen LogP contribution in [0.4, 0.5) is 19.0 Å². The molecule has 0 aliphatic heterocycles. The average molecular weight is 555 g/mol. The Kier molecular flexibility index (Phi) is 8.98. The van der Waals surface area contributed by atoms with E-state index >= 15 is 0 Å². The molecule has 0 saturated heterocycles. The average Bonchev–Trinajstić information content (AvgIpc) is 2.80. The SMILES string of the molecule is Bc1cc(/C=C/C(c2cc(Cl)c(Cl)c(Cl)c2)C(F)(F)F)ccc1C(=O)NCc1ccc(N(C)C)nc1. The number of allylic oxidation sites excluding steroid dienone is 1. The summed E-state index contributed by atoms with van der Waals surface area (Å²) in [5.41, 5.74) is 2.27. The molecule has 0 aliphatic rings. The Labute approximate surface area is 223 Å². The summed E-state index contributed by atoms with van der Waals surface area (Å²) >= 11 is 17.7. The van der Waals surface area contributed by atoms with E-state index in [9.17, 15) is 18.0 Å². The Morgan fingerprint density at radius 3 is 2.31 bits per heavy atom. The molecule has 3 aromatic rings. The number of alkyl halides is 3. The number of pyridine rings is 1. The number of carbonyl (C=O) groups is 1. The molecule has 3 rings (SSSR count). The lowest BCUT2D eigenvalue weighted by Crippen LogP contribution is -2.28. The van der Waals surface area contributed by atoms with Crippen LogP contribution in [0.3, 0.4) is 0 Å². The lowest BCUT2D eigenvalue weighted by Gasteiger charge is -2.18. The Balaban J connectivity index is 1.74. The quantitative estimate of drug-likeness (QED) is 0.303. The summed E-state index contributed by atoms with van der Waals surface area (Å²) in [4.78, 5) is 18.8. The van der Waals surface area contributed by atoms with Crippen molar-refractivity contribution < 1.29 is 18.0 Å². The Morgan fingerprint density at radius 1 is 1.11 bits per heavy atom. The summed E-state index contributed by atoms with van der Waals surface area (Å²) in [7, 11) is 5.49. The number of amides is 1. The molecular weight excluding hydrogens is 532 g/mol. The predicted octanol–water partition coefficient (Wildman–Crippen LogP) is 5.66. The van der Waals surface area contributed by atoms with Crippen molar-refractivity contribution >= 4 is 65.9 Å². The van der Waals surface area contributed by atoms with E-state index in [2.05, 4.69) is 10.3 Å². The Hall–Kier alpha value is -2.68. The number of hydrogen-bond donors (Lipinski definition) is 1. The zero-order chi connectivity index (χ0) is 26.6. The second-order valence-corrected chi connectivity index (χ2v) is 9.55. The van der Waals surface area contributed by atoms with Crippen LogP contribution in [0.2, 0.25) is 15.1 Å². The van der Waals surface area contributed by atoms with Crippen LogP contribution in [-0.2, 0) is 6.54 Å². The van der Waals surface area contributed by atoms with Crippen molar-refractivity contribution in [2.24, 2.45) is 0 Å². The van der Waals surface area contributed by atoms with E-state index in [-0.39, 0.29) is 26.5 Å². The summed E-state index contributed by atoms with van der Waals surface area (Å²) in [5.74, 6) is -1.43. The van der Waals surface area contributed by atoms with Gasteiger partial charge in [0.1, 0.15) is 13.7 Å². The fraction of sp³-hybridized carbons (Fsp3) is 0.200. The fourth-order valence-corrected chi connectivity index (χ4v) is 4.09. The highest BCUT2D eigenvalue weighted by Gasteiger charge is 2.39. The van der Waals surface area contributed by atoms with Crippen molar-refractivity contribution in [1.82, 2.24) is 10.3 Å². The van der Waals surface area contributed by atoms with E-state index in [1.54, 1.807) is 32.2 Å². The predicted molar refractivity (Wildman–Crippen MR) is 144 cm³/mol. The third-order valence-corrected chi connectivity index (χ3v) is 6.61. The maximum atomic E-state index is 13.8. The molecular formula is C25H22BCl3F3N3O. The molecule has 1 N–H and O–H groups in total. The van der Waals surface area contributed by atoms with Crippen molar-refractivity contribution in [2.45, 2.75) is 18.6 Å². The molecule has 0 radical (unpaired) electrons. The van der Waals surface area contributed by atoms with Gasteiger partial charge < -0.3 is 10.2 Å². The van der Waals surface area contributed by atoms with E-state index in [0.717, 1.165) is 29.6 Å². The van der Waals surface area contributed by atoms with Crippen LogP contribution in [0.5, 0.6) is 0 Å². The summed E-state index contributed by atoms with van der Waals surface area (Å²) < 4.78 is 41.3. The molecule has 1 unspecified atom stereocenters. The van der Waals surface area contributed by atoms with Crippen LogP contribution in [0.25, 0.3) is 6.08 Å². The van der Waals surface area contributed by atoms with Crippen molar-refractivity contribution in [2.75, 3.05) is 19.0 Å². The zero-order valence-corrected chi connectivity index (χ0v) is 21.9. The first-order valence-electron chi connectivity index (χ1n) is 10.8. The fourth-order valence-electron chi connectivity index (χ4n) is 3.48. The monoisotopic (exact) mass is 553 g/mol. The zero-order valence-electron chi connectivity index (χ0n) is 19.6. The smallest absolute Gasteiger partial charge is 0.363 e. The number of anilines is 1. The van der Waals surface area contributed by atoms with Crippen molar-refractivity contribution in [1.29, 1.82) is 0 Å². The summed E-state index contributed by atoms with van der Waals surface area (Å²) in [6, 6.07) is 10.8. The van der Waals surface area contributed by atoms with Crippen LogP contribution in [0.15, 0.2) is 54.7 Å². The minimum Gasteiger partial charge on any atom is -0.363 e. The second-order valence-electron chi connectivity index (χ2n) is 8.35. The molecule has 1 atom stereocenters. The lowest BCUT2D eigenvalue weighted by atomic mass is 9.88. The molecule has 0 saturated carbocycles. The number of carbonyl (C=O) groups excluding carboxylic acids is 1. The third-order valence-electron chi connectivity index (χ3n) is 5.41. The highest BCUT2D eigenvalue weighted by molar-refractivity contribution is 6.48. The molecule has 0 fully saturated rings. The van der Waals surface area contributed by atoms with Gasteiger partial charge in [-0.1, -0.05) is 70.6 Å². The molecule has 0 bridgehead atoms. The van der Waals surface area contributed by atoms with Gasteiger partial charge in [0.15, 0.2) is 0 Å². The highest BCUT2D eigenvalue weighted by Crippen LogP contribution is 2.41. The summed E-state index contributed by atoms with van der Waals surface area (Å²) in [6.45, 7) is 0.292. The molecule has 4 nitrogen and oxygen atoms in total. The van der Waals surface area contributed by atoms with Crippen molar-refractivity contribution in [3.63, 3.8) is 0 Å². The largest absolute Gasteiger partial charge is 0.399 e. The first-order chi connectivity index (χ1) is 16.9. The lowest BCUT2D eigenvalue weighted by molar-refractivity contribution is -0.139. The van der Waals surface area contributed by atoms with Gasteiger partial charge >= 0.3 is 6.18 Å². The molecule has 188 valence electrons. The molecule has 0 spiro atoms. The summed E-state index contributed by atoms with van der Waals surface area (Å²) in [5, 5.41) is 2.72. The van der Waals surface area contributed by atoms with Crippen LogP contribution < -0.4 is 15.7 Å². The first-order valence-corrected chi connectivity index (χ1v) is 11.9. The number of hydrogen-bond acceptors (Lipinski definition) is 3. The van der Waals surface area contributed by atoms with E-state index < -0.39 is 12.1 Å². The highest BCUT2D eigenvalue weighted by atomic mass is 35.5. The molecule has 36 heavy (non-hydrogen) atoms. The van der Waals surface area contributed by atoms with Gasteiger partial charge in [-0.05, 0) is 41.0 Å². The number of nitrogens with zero attached hydrogens (tertiary/aromatic N) is 2. The molecule has 1 aromatic heterocycles. The number of benzene rings is 2. The van der Waals surface area contributed by atoms with Gasteiger partial charge in [-0.3, -0.25) is 4.79 Å². The van der Waals surface area contributed by atoms with Gasteiger partial charge in [0.25, 0.3) is 5.91 Å². The Bertz CT molecular complexity index is 1260. The van der Waals surface area contributed by atoms with E-state index in [1.165, 1.54) is 6.08 Å². The van der Waals surface area contributed by atoms with Crippen LogP contribution in [0.1, 0.15) is 33.0 Å². The normalized spacial score (nSPS) is 12.6. The van der Waals surface area contributed by atoms with Gasteiger partial charge in [0, 0.05) is 32.4 Å². The minimum atomic E-state index is -4.58. The molecule has 11 heteroatoms. The van der Waals surface area contributed by atoms with Crippen LogP contribution >= 0.6 is 34.8 Å². The van der Waals surface area contributed by atoms with Crippen molar-refractivity contribution in [3.8, 4) is 0 Å². The van der Waals surface area contributed by atoms with E-state index in [0.29, 0.717) is 23.1 Å². The van der Waals surface area contributed by atoms with E-state index in [4.69, 9.17) is 34.8 Å². The maximum Gasteiger partial charge on any atom is 0.399 e. The van der Waals surface area contributed by atoms with Crippen LogP contribution in [0, 0.1) is 0 Å². The standard InChI is InChI=1S/C25H22BCl3F3N3O/c1-35(2)22-8-5-15(12-33-22)13-34-24(36)17-6-3-14(9-19(17)26)4-7-18(25(30,31)32)16-10-20(27)23(29)21(28)11-16/h3-12,18H,13,26H2,1-2H3,(H,34,36)/b7-4+. The van der Waals surface area contributed by atoms with Gasteiger partial charge in [-0.25, -0.2) is 4.98 Å². The molecule has 2 aromatic carbocycles. The van der Waals surface area contributed by atoms with Crippen LogP contribution in [-0.4, -0.2) is 39.0 Å². The molecule has 0 aliphatic carbocycles. The van der Waals surface area contributed by atoms with Gasteiger partial charge in [-0.2, -0.15) is 13.2 Å². The number of nitrogens with one attached hydrogen (secondary N) is 1. The van der Waals surface area contributed by atoms with Gasteiger partial charge in [0.05, 0.1) is 21.0 Å². The number of rotatable bonds is 7. The van der Waals surface area contributed by atoms with Crippen molar-refractivity contribution in [3.05, 3.63) is 92.1 Å². The van der Waals surface area contributed by atoms with Gasteiger partial charge in [0.2, 0.25) is 0 Å². The van der Waals surface area contributed by atoms with Gasteiger partial charge in [-0.15, -0.1) is 0 Å². The maximum absolute atomic E-state index is 13.8. The van der Waals surface area contributed by atoms with E-state index in [1.807, 2.05) is 31.1 Å². The second kappa shape index (κ2) is 11.6. The number of halogens is 6. The molecule has 1 amide bonds. The summed E-state index contributed by atoms with van der Waals surface area (Å²) in [6.07, 6.45) is -0.518. The third kappa shape index (κ3) is 6.96. The Morgan fingerprint density at radius 2 is 1.78 bits per heavy atom. The molecule has 1 heterocycles.